The first-order valence-electron chi connectivity index (χ1n) is 20.7. The number of hydrogen-bond donors (Lipinski definition) is 1. The highest BCUT2D eigenvalue weighted by molar-refractivity contribution is 6.33. The van der Waals surface area contributed by atoms with Crippen molar-refractivity contribution in [2.75, 3.05) is 31.5 Å². The number of carbonyl (C=O) groups excluding carboxylic acids is 2. The van der Waals surface area contributed by atoms with E-state index in [4.69, 9.17) is 16.3 Å². The molecule has 3 aromatic carbocycles. The minimum Gasteiger partial charge on any atom is -0.485 e. The number of aryl methyl sites for hydroxylation is 1. The van der Waals surface area contributed by atoms with Gasteiger partial charge in [0.15, 0.2) is 17.3 Å². The van der Waals surface area contributed by atoms with Gasteiger partial charge >= 0.3 is 6.18 Å². The van der Waals surface area contributed by atoms with Gasteiger partial charge in [0.05, 0.1) is 27.5 Å². The molecule has 63 heavy (non-hydrogen) atoms. The molecule has 0 radical (unpaired) electrons. The van der Waals surface area contributed by atoms with E-state index in [9.17, 15) is 27.6 Å². The number of nitrogens with zero attached hydrogens (tertiary/aromatic N) is 8. The molecule has 5 heterocycles. The second-order valence-electron chi connectivity index (χ2n) is 16.6. The van der Waals surface area contributed by atoms with E-state index in [1.807, 2.05) is 37.3 Å². The van der Waals surface area contributed by atoms with E-state index in [0.717, 1.165) is 53.4 Å². The van der Waals surface area contributed by atoms with Gasteiger partial charge in [0.1, 0.15) is 25.3 Å². The van der Waals surface area contributed by atoms with Crippen LogP contribution in [0.15, 0.2) is 77.9 Å². The molecule has 1 atom stereocenters. The third kappa shape index (κ3) is 8.03. The summed E-state index contributed by atoms with van der Waals surface area (Å²) in [6.07, 6.45) is -0.928. The Hall–Kier alpha value is -6.20. The van der Waals surface area contributed by atoms with Crippen LogP contribution in [-0.2, 0) is 36.1 Å². The number of benzene rings is 3. The van der Waals surface area contributed by atoms with Crippen LogP contribution in [0.3, 0.4) is 0 Å². The third-order valence-corrected chi connectivity index (χ3v) is 12.7. The van der Waals surface area contributed by atoms with Crippen molar-refractivity contribution in [1.29, 1.82) is 0 Å². The monoisotopic (exact) mass is 883 g/mol. The minimum atomic E-state index is -4.64. The largest absolute Gasteiger partial charge is 0.485 e. The van der Waals surface area contributed by atoms with E-state index >= 15 is 4.39 Å². The molecule has 3 aromatic heterocycles. The van der Waals surface area contributed by atoms with Crippen molar-refractivity contribution in [3.8, 4) is 17.1 Å². The molecule has 2 aliphatic heterocycles. The number of alkyl halides is 3. The topological polar surface area (TPSA) is 140 Å². The van der Waals surface area contributed by atoms with Crippen LogP contribution in [0.2, 0.25) is 5.02 Å². The Kier molecular flexibility index (Phi) is 11.0. The molecule has 2 saturated heterocycles. The summed E-state index contributed by atoms with van der Waals surface area (Å²) in [5, 5.41) is 6.85. The number of nitrogens with one attached hydrogen (secondary N) is 1. The number of anilines is 1. The smallest absolute Gasteiger partial charge is 0.416 e. The molecule has 13 nitrogen and oxygen atoms in total. The minimum absolute atomic E-state index is 0.00912. The van der Waals surface area contributed by atoms with Crippen LogP contribution in [0.1, 0.15) is 82.7 Å². The molecular formula is C45H42ClF4N9O4. The highest BCUT2D eigenvalue weighted by Crippen LogP contribution is 2.50. The van der Waals surface area contributed by atoms with E-state index in [1.54, 1.807) is 28.5 Å². The molecule has 1 unspecified atom stereocenters. The predicted octanol–water partition coefficient (Wildman–Crippen LogP) is 7.57. The molecule has 1 N–H and O–H groups in total. The van der Waals surface area contributed by atoms with Crippen molar-refractivity contribution in [2.24, 2.45) is 0 Å². The van der Waals surface area contributed by atoms with Gasteiger partial charge in [0.25, 0.3) is 11.5 Å². The number of carbonyl (C=O) groups is 2. The van der Waals surface area contributed by atoms with Gasteiger partial charge in [-0.1, -0.05) is 54.9 Å². The van der Waals surface area contributed by atoms with E-state index in [1.165, 1.54) is 12.4 Å². The Balaban J connectivity index is 1.05. The van der Waals surface area contributed by atoms with Crippen LogP contribution >= 0.6 is 11.6 Å². The standard InChI is InChI=1S/C45H42ClF4N9O4/c1-26-21-44(13-17-57(18-14-44)42(62)37-39(27(2)51-25-52-37)63-24-28-7-4-3-5-8-28)36-38(26)58(23-35(60)53-34-12-10-30(20-32(34)46)45(48,49)50)43-54-40(55-59(43)41(36)61)31-11-9-29(19-33(31)47)22-56-15-6-16-56/h3-5,7-12,19-20,25-26H,6,13-18,21-24H2,1-2H3,(H,53,60). The summed E-state index contributed by atoms with van der Waals surface area (Å²) in [6.45, 7) is 6.49. The van der Waals surface area contributed by atoms with Crippen LogP contribution in [0.5, 0.6) is 5.75 Å². The maximum absolute atomic E-state index is 15.8. The van der Waals surface area contributed by atoms with Crippen molar-refractivity contribution >= 4 is 34.9 Å². The van der Waals surface area contributed by atoms with Crippen molar-refractivity contribution in [3.63, 3.8) is 0 Å². The Labute approximate surface area is 363 Å². The molecule has 326 valence electrons. The first-order valence-corrected chi connectivity index (χ1v) is 21.1. The molecule has 2 amide bonds. The Morgan fingerprint density at radius 1 is 0.984 bits per heavy atom. The zero-order valence-electron chi connectivity index (χ0n) is 34.4. The maximum Gasteiger partial charge on any atom is 0.416 e. The lowest BCUT2D eigenvalue weighted by Gasteiger charge is -2.39. The summed E-state index contributed by atoms with van der Waals surface area (Å²) < 4.78 is 64.8. The van der Waals surface area contributed by atoms with E-state index in [2.05, 4.69) is 30.3 Å². The maximum atomic E-state index is 15.8. The fourth-order valence-electron chi connectivity index (χ4n) is 9.16. The summed E-state index contributed by atoms with van der Waals surface area (Å²) in [6, 6.07) is 17.0. The van der Waals surface area contributed by atoms with Crippen molar-refractivity contribution in [1.82, 2.24) is 38.9 Å². The molecule has 9 rings (SSSR count). The second kappa shape index (κ2) is 16.5. The molecule has 0 bridgehead atoms. The number of fused-ring (bicyclic) bond motifs is 3. The zero-order valence-corrected chi connectivity index (χ0v) is 35.1. The zero-order chi connectivity index (χ0) is 44.2. The SMILES string of the molecule is Cc1ncnc(C(=O)N2CCC3(CC2)CC(C)c2c3c(=O)n3nc(-c4ccc(CN5CCC5)cc4F)nc3n2CC(=O)Nc2ccc(C(F)(F)F)cc2Cl)c1OCc1ccccc1. The lowest BCUT2D eigenvalue weighted by Crippen LogP contribution is -2.47. The Bertz CT molecular complexity index is 2820. The number of hydrogen-bond acceptors (Lipinski definition) is 9. The van der Waals surface area contributed by atoms with Crippen LogP contribution in [-0.4, -0.2) is 76.9 Å². The average molecular weight is 884 g/mol. The summed E-state index contributed by atoms with van der Waals surface area (Å²) in [7, 11) is 0. The van der Waals surface area contributed by atoms with Crippen molar-refractivity contribution in [2.45, 2.75) is 76.7 Å². The molecule has 0 saturated carbocycles. The lowest BCUT2D eigenvalue weighted by atomic mass is 9.73. The van der Waals surface area contributed by atoms with E-state index in [-0.39, 0.29) is 70.8 Å². The number of piperidine rings is 1. The van der Waals surface area contributed by atoms with Gasteiger partial charge < -0.3 is 19.5 Å². The van der Waals surface area contributed by atoms with Crippen LogP contribution in [0.25, 0.3) is 17.2 Å². The van der Waals surface area contributed by atoms with Gasteiger partial charge in [0.2, 0.25) is 11.7 Å². The van der Waals surface area contributed by atoms with Crippen LogP contribution < -0.4 is 15.6 Å². The number of rotatable bonds is 10. The highest BCUT2D eigenvalue weighted by Gasteiger charge is 2.49. The van der Waals surface area contributed by atoms with Crippen molar-refractivity contribution < 1.29 is 31.9 Å². The molecule has 18 heteroatoms. The van der Waals surface area contributed by atoms with Gasteiger partial charge in [-0.25, -0.2) is 14.4 Å². The first-order chi connectivity index (χ1) is 30.2. The molecule has 3 aliphatic rings. The summed E-state index contributed by atoms with van der Waals surface area (Å²) in [4.78, 5) is 59.9. The van der Waals surface area contributed by atoms with E-state index < -0.39 is 41.0 Å². The second-order valence-corrected chi connectivity index (χ2v) is 17.0. The number of halogens is 5. The number of likely N-dealkylation sites (tertiary alicyclic amines) is 2. The Morgan fingerprint density at radius 3 is 2.43 bits per heavy atom. The summed E-state index contributed by atoms with van der Waals surface area (Å²) in [5.41, 5.74) is 1.14. The quantitative estimate of drug-likeness (QED) is 0.138. The predicted molar refractivity (Wildman–Crippen MR) is 225 cm³/mol. The number of ether oxygens (including phenoxy) is 1. The van der Waals surface area contributed by atoms with Gasteiger partial charge in [0, 0.05) is 36.3 Å². The molecule has 6 aromatic rings. The highest BCUT2D eigenvalue weighted by atomic mass is 35.5. The third-order valence-electron chi connectivity index (χ3n) is 12.4. The molecule has 1 spiro atoms. The molecule has 2 fully saturated rings. The van der Waals surface area contributed by atoms with Crippen LogP contribution in [0, 0.1) is 12.7 Å². The molecule has 1 aliphatic carbocycles. The van der Waals surface area contributed by atoms with Gasteiger partial charge in [-0.05, 0) is 93.1 Å². The normalized spacial score (nSPS) is 17.2. The average Bonchev–Trinajstić information content (AvgIpc) is 3.80. The summed E-state index contributed by atoms with van der Waals surface area (Å²) >= 11 is 6.21. The summed E-state index contributed by atoms with van der Waals surface area (Å²) in [5.74, 6) is -1.63. The van der Waals surface area contributed by atoms with Gasteiger partial charge in [-0.15, -0.1) is 5.10 Å². The van der Waals surface area contributed by atoms with Gasteiger partial charge in [-0.2, -0.15) is 22.7 Å². The first kappa shape index (κ1) is 42.1. The fraction of sp³-hybridized carbons (Fsp3) is 0.356. The number of aromatic nitrogens is 6. The Morgan fingerprint density at radius 2 is 1.75 bits per heavy atom. The molecular weight excluding hydrogens is 842 g/mol. The lowest BCUT2D eigenvalue weighted by molar-refractivity contribution is -0.137. The van der Waals surface area contributed by atoms with Crippen LogP contribution in [0.4, 0.5) is 23.2 Å². The van der Waals surface area contributed by atoms with Gasteiger partial charge in [-0.3, -0.25) is 19.3 Å². The van der Waals surface area contributed by atoms with Crippen molar-refractivity contribution in [3.05, 3.63) is 134 Å². The number of amides is 2. The fourth-order valence-corrected chi connectivity index (χ4v) is 9.39. The van der Waals surface area contributed by atoms with E-state index in [0.29, 0.717) is 42.8 Å².